The van der Waals surface area contributed by atoms with Gasteiger partial charge in [-0.1, -0.05) is 0 Å². The molecule has 0 aliphatic carbocycles. The predicted octanol–water partition coefficient (Wildman–Crippen LogP) is 0.364. The Morgan fingerprint density at radius 3 is 2.69 bits per heavy atom. The Hall–Kier alpha value is -1.20. The summed E-state index contributed by atoms with van der Waals surface area (Å²) in [5, 5.41) is 8.60. The number of carboxylic acid groups (broad SMARTS) is 1. The van der Waals surface area contributed by atoms with Crippen LogP contribution in [0.25, 0.3) is 0 Å². The lowest BCUT2D eigenvalue weighted by molar-refractivity contribution is 0.0689. The van der Waals surface area contributed by atoms with Gasteiger partial charge in [-0.25, -0.2) is 9.78 Å². The van der Waals surface area contributed by atoms with Gasteiger partial charge in [0.1, 0.15) is 0 Å². The van der Waals surface area contributed by atoms with Crippen LogP contribution in [0.4, 0.5) is 0 Å². The largest absolute Gasteiger partial charge is 0.476 e. The van der Waals surface area contributed by atoms with E-state index in [2.05, 4.69) is 9.97 Å². The standard InChI is InChI=1S/C7H9N3O2.ClH/c1-4-6(7(11)12)9-3-5(2-8)10-4;/h3H,2,8H2,1H3,(H,11,12);1H. The van der Waals surface area contributed by atoms with Crippen LogP contribution in [0, 0.1) is 6.92 Å². The zero-order chi connectivity index (χ0) is 9.14. The summed E-state index contributed by atoms with van der Waals surface area (Å²) >= 11 is 0. The topological polar surface area (TPSA) is 89.1 Å². The number of hydrogen-bond donors (Lipinski definition) is 2. The van der Waals surface area contributed by atoms with Gasteiger partial charge in [0, 0.05) is 6.54 Å². The lowest BCUT2D eigenvalue weighted by atomic mass is 10.3. The maximum atomic E-state index is 10.5. The first-order valence-corrected chi connectivity index (χ1v) is 3.41. The van der Waals surface area contributed by atoms with Crippen LogP contribution in [0.15, 0.2) is 6.20 Å². The van der Waals surface area contributed by atoms with Gasteiger partial charge in [0.25, 0.3) is 0 Å². The summed E-state index contributed by atoms with van der Waals surface area (Å²) in [6, 6.07) is 0. The van der Waals surface area contributed by atoms with Crippen LogP contribution in [-0.4, -0.2) is 21.0 Å². The van der Waals surface area contributed by atoms with Crippen molar-refractivity contribution in [1.29, 1.82) is 0 Å². The van der Waals surface area contributed by atoms with Crippen molar-refractivity contribution in [2.45, 2.75) is 13.5 Å². The van der Waals surface area contributed by atoms with Gasteiger partial charge in [0.05, 0.1) is 17.6 Å². The van der Waals surface area contributed by atoms with Crippen molar-refractivity contribution in [2.24, 2.45) is 5.73 Å². The maximum absolute atomic E-state index is 10.5. The molecule has 1 aromatic rings. The molecule has 0 unspecified atom stereocenters. The van der Waals surface area contributed by atoms with Crippen molar-refractivity contribution in [2.75, 3.05) is 0 Å². The number of carbonyl (C=O) groups is 1. The number of nitrogens with zero attached hydrogens (tertiary/aromatic N) is 2. The van der Waals surface area contributed by atoms with Crippen molar-refractivity contribution in [3.05, 3.63) is 23.3 Å². The summed E-state index contributed by atoms with van der Waals surface area (Å²) in [6.45, 7) is 1.86. The van der Waals surface area contributed by atoms with Crippen LogP contribution < -0.4 is 5.73 Å². The molecule has 0 spiro atoms. The molecule has 0 fully saturated rings. The smallest absolute Gasteiger partial charge is 0.356 e. The molecule has 1 rings (SSSR count). The molecule has 6 heteroatoms. The fourth-order valence-corrected chi connectivity index (χ4v) is 0.838. The minimum atomic E-state index is -1.07. The van der Waals surface area contributed by atoms with Gasteiger partial charge in [-0.2, -0.15) is 0 Å². The Morgan fingerprint density at radius 1 is 1.69 bits per heavy atom. The lowest BCUT2D eigenvalue weighted by Gasteiger charge is -2.00. The summed E-state index contributed by atoms with van der Waals surface area (Å²) < 4.78 is 0. The second-order valence-electron chi connectivity index (χ2n) is 2.30. The highest BCUT2D eigenvalue weighted by molar-refractivity contribution is 5.86. The van der Waals surface area contributed by atoms with Crippen LogP contribution in [0.3, 0.4) is 0 Å². The van der Waals surface area contributed by atoms with Crippen molar-refractivity contribution in [1.82, 2.24) is 9.97 Å². The van der Waals surface area contributed by atoms with Gasteiger partial charge >= 0.3 is 5.97 Å². The van der Waals surface area contributed by atoms with Gasteiger partial charge in [0.15, 0.2) is 5.69 Å². The number of nitrogens with two attached hydrogens (primary N) is 1. The highest BCUT2D eigenvalue weighted by atomic mass is 35.5. The van der Waals surface area contributed by atoms with Gasteiger partial charge in [-0.15, -0.1) is 12.4 Å². The van der Waals surface area contributed by atoms with E-state index in [-0.39, 0.29) is 24.6 Å². The van der Waals surface area contributed by atoms with Gasteiger partial charge in [0.2, 0.25) is 0 Å². The number of aromatic carboxylic acids is 1. The Labute approximate surface area is 81.4 Å². The molecule has 0 aliphatic heterocycles. The summed E-state index contributed by atoms with van der Waals surface area (Å²) in [5.74, 6) is -1.07. The van der Waals surface area contributed by atoms with E-state index in [9.17, 15) is 4.79 Å². The van der Waals surface area contributed by atoms with Gasteiger partial charge in [-0.05, 0) is 6.92 Å². The molecule has 72 valence electrons. The van der Waals surface area contributed by atoms with Crippen molar-refractivity contribution < 1.29 is 9.90 Å². The third-order valence-corrected chi connectivity index (χ3v) is 1.41. The van der Waals surface area contributed by atoms with E-state index in [1.807, 2.05) is 0 Å². The minimum absolute atomic E-state index is 0. The van der Waals surface area contributed by atoms with E-state index < -0.39 is 5.97 Å². The molecule has 13 heavy (non-hydrogen) atoms. The zero-order valence-corrected chi connectivity index (χ0v) is 7.84. The second-order valence-corrected chi connectivity index (χ2v) is 2.30. The normalized spacial score (nSPS) is 9.08. The van der Waals surface area contributed by atoms with Crippen LogP contribution >= 0.6 is 12.4 Å². The van der Waals surface area contributed by atoms with Crippen molar-refractivity contribution >= 4 is 18.4 Å². The minimum Gasteiger partial charge on any atom is -0.476 e. The maximum Gasteiger partial charge on any atom is 0.356 e. The van der Waals surface area contributed by atoms with E-state index in [0.717, 1.165) is 0 Å². The fraction of sp³-hybridized carbons (Fsp3) is 0.286. The number of halogens is 1. The Bertz CT molecular complexity index is 317. The molecule has 1 heterocycles. The monoisotopic (exact) mass is 203 g/mol. The zero-order valence-electron chi connectivity index (χ0n) is 7.02. The molecule has 0 atom stereocenters. The first kappa shape index (κ1) is 11.8. The highest BCUT2D eigenvalue weighted by Gasteiger charge is 2.09. The van der Waals surface area contributed by atoms with E-state index in [0.29, 0.717) is 11.4 Å². The first-order valence-electron chi connectivity index (χ1n) is 3.41. The average molecular weight is 204 g/mol. The van der Waals surface area contributed by atoms with Crippen molar-refractivity contribution in [3.8, 4) is 0 Å². The Balaban J connectivity index is 0.00000144. The van der Waals surface area contributed by atoms with Crippen LogP contribution in [0.2, 0.25) is 0 Å². The third kappa shape index (κ3) is 2.64. The summed E-state index contributed by atoms with van der Waals surface area (Å²) in [5.41, 5.74) is 6.26. The quantitative estimate of drug-likeness (QED) is 0.725. The molecule has 0 radical (unpaired) electrons. The van der Waals surface area contributed by atoms with Crippen LogP contribution in [0.5, 0.6) is 0 Å². The molecule has 3 N–H and O–H groups in total. The Morgan fingerprint density at radius 2 is 2.31 bits per heavy atom. The SMILES string of the molecule is Cc1nc(CN)cnc1C(=O)O.Cl. The van der Waals surface area contributed by atoms with Crippen LogP contribution in [0.1, 0.15) is 21.9 Å². The number of rotatable bonds is 2. The Kier molecular flexibility index (Phi) is 4.30. The molecular weight excluding hydrogens is 194 g/mol. The number of hydrogen-bond acceptors (Lipinski definition) is 4. The predicted molar refractivity (Wildman–Crippen MR) is 48.9 cm³/mol. The lowest BCUT2D eigenvalue weighted by Crippen LogP contribution is -2.09. The third-order valence-electron chi connectivity index (χ3n) is 1.41. The average Bonchev–Trinajstić information content (AvgIpc) is 2.03. The summed E-state index contributed by atoms with van der Waals surface area (Å²) in [7, 11) is 0. The first-order chi connectivity index (χ1) is 5.65. The van der Waals surface area contributed by atoms with Crippen LogP contribution in [-0.2, 0) is 6.54 Å². The number of carboxylic acids is 1. The fourth-order valence-electron chi connectivity index (χ4n) is 0.838. The molecule has 0 amide bonds. The summed E-state index contributed by atoms with van der Waals surface area (Å²) in [4.78, 5) is 18.1. The molecule has 1 aromatic heterocycles. The van der Waals surface area contributed by atoms with Gasteiger partial charge < -0.3 is 10.8 Å². The number of aryl methyl sites for hydroxylation is 1. The van der Waals surface area contributed by atoms with E-state index >= 15 is 0 Å². The molecule has 0 aromatic carbocycles. The highest BCUT2D eigenvalue weighted by Crippen LogP contribution is 2.01. The van der Waals surface area contributed by atoms with E-state index in [1.165, 1.54) is 6.20 Å². The van der Waals surface area contributed by atoms with E-state index in [1.54, 1.807) is 6.92 Å². The molecular formula is C7H10ClN3O2. The molecule has 0 bridgehead atoms. The molecule has 0 saturated carbocycles. The number of aromatic nitrogens is 2. The molecule has 0 saturated heterocycles. The van der Waals surface area contributed by atoms with E-state index in [4.69, 9.17) is 10.8 Å². The molecule has 0 aliphatic rings. The second kappa shape index (κ2) is 4.74. The summed E-state index contributed by atoms with van der Waals surface area (Å²) in [6.07, 6.45) is 1.37. The molecule has 5 nitrogen and oxygen atoms in total. The van der Waals surface area contributed by atoms with Gasteiger partial charge in [-0.3, -0.25) is 4.98 Å². The van der Waals surface area contributed by atoms with Crippen molar-refractivity contribution in [3.63, 3.8) is 0 Å².